The zero-order valence-electron chi connectivity index (χ0n) is 19.5. The molecule has 0 N–H and O–H groups in total. The van der Waals surface area contributed by atoms with Crippen molar-refractivity contribution in [1.29, 1.82) is 0 Å². The molecule has 0 aliphatic carbocycles. The Bertz CT molecular complexity index is 636. The normalized spacial score (nSPS) is 15.3. The molecule has 3 unspecified atom stereocenters. The van der Waals surface area contributed by atoms with E-state index in [0.717, 1.165) is 0 Å². The second-order valence-electron chi connectivity index (χ2n) is 7.42. The lowest BCUT2D eigenvalue weighted by Crippen LogP contribution is -2.35. The van der Waals surface area contributed by atoms with Crippen LogP contribution in [0, 0.1) is 0 Å². The second-order valence-corrected chi connectivity index (χ2v) is 9.18. The molecule has 0 fully saturated rings. The van der Waals surface area contributed by atoms with Crippen LogP contribution in [0.2, 0.25) is 0 Å². The first-order valence-electron chi connectivity index (χ1n) is 10.8. The molecule has 0 radical (unpaired) electrons. The summed E-state index contributed by atoms with van der Waals surface area (Å²) in [5.41, 5.74) is 0.553. The van der Waals surface area contributed by atoms with E-state index < -0.39 is 26.5 Å². The number of hydrogen-bond donors (Lipinski definition) is 0. The van der Waals surface area contributed by atoms with Crippen LogP contribution in [-0.2, 0) is 18.8 Å². The van der Waals surface area contributed by atoms with Gasteiger partial charge in [-0.25, -0.2) is 9.46 Å². The topological polar surface area (TPSA) is 65.1 Å². The molecule has 0 bridgehead atoms. The van der Waals surface area contributed by atoms with E-state index in [-0.39, 0.29) is 37.7 Å². The zero-order valence-corrected chi connectivity index (χ0v) is 19.4. The number of nitrogens with zero attached hydrogens (tertiary/aromatic N) is 1. The van der Waals surface area contributed by atoms with E-state index in [2.05, 4.69) is 4.67 Å². The third-order valence-corrected chi connectivity index (χ3v) is 6.53. The summed E-state index contributed by atoms with van der Waals surface area (Å²) < 4.78 is 27.0. The Morgan fingerprint density at radius 1 is 1.03 bits per heavy atom. The summed E-state index contributed by atoms with van der Waals surface area (Å²) in [7, 11) is -1.43. The van der Waals surface area contributed by atoms with Crippen molar-refractivity contribution in [3.63, 3.8) is 0 Å². The zero-order chi connectivity index (χ0) is 22.7. The molecular weight excluding hydrogens is 389 g/mol. The first-order valence-corrected chi connectivity index (χ1v) is 11.3. The van der Waals surface area contributed by atoms with Gasteiger partial charge in [-0.2, -0.15) is 0 Å². The van der Waals surface area contributed by atoms with E-state index in [0.29, 0.717) is 12.0 Å². The van der Waals surface area contributed by atoms with E-state index in [9.17, 15) is 9.59 Å². The molecule has 0 aliphatic rings. The summed E-state index contributed by atoms with van der Waals surface area (Å²) in [6.07, 6.45) is -0.498. The highest BCUT2D eigenvalue weighted by atomic mass is 31.2. The van der Waals surface area contributed by atoms with Crippen LogP contribution in [0.25, 0.3) is 0 Å². The maximum atomic E-state index is 12.5. The lowest BCUT2D eigenvalue weighted by Gasteiger charge is -2.36. The summed E-state index contributed by atoms with van der Waals surface area (Å²) in [5, 5.41) is 0. The summed E-state index contributed by atoms with van der Waals surface area (Å²) in [5.74, 6) is -0.411. The number of ether oxygens (including phenoxy) is 2. The molecular formula is C22H36NO5P. The van der Waals surface area contributed by atoms with Crippen molar-refractivity contribution in [2.24, 2.45) is 0 Å². The minimum Gasteiger partial charge on any atom is -0.459 e. The largest absolute Gasteiger partial charge is 0.459 e. The van der Waals surface area contributed by atoms with Crippen molar-refractivity contribution in [3.05, 3.63) is 35.9 Å². The SMILES string of the molecule is [2H]CC(COP(C(=O)CC)N(C(C)C)C(C)C)OC(C)COC(=O)c1ccccc1. The Morgan fingerprint density at radius 2 is 1.66 bits per heavy atom. The number of carbonyl (C=O) groups excluding carboxylic acids is 2. The molecule has 0 heterocycles. The molecule has 7 heteroatoms. The predicted octanol–water partition coefficient (Wildman–Crippen LogP) is 5.02. The molecule has 0 amide bonds. The van der Waals surface area contributed by atoms with Gasteiger partial charge in [-0.05, 0) is 53.7 Å². The monoisotopic (exact) mass is 426 g/mol. The summed E-state index contributed by atoms with van der Waals surface area (Å²) in [6, 6.07) is 9.10. The molecule has 29 heavy (non-hydrogen) atoms. The molecule has 1 rings (SSSR count). The van der Waals surface area contributed by atoms with Gasteiger partial charge in [0, 0.05) is 19.9 Å². The number of hydrogen-bond acceptors (Lipinski definition) is 6. The second kappa shape index (κ2) is 13.1. The van der Waals surface area contributed by atoms with Crippen molar-refractivity contribution in [2.75, 3.05) is 13.2 Å². The smallest absolute Gasteiger partial charge is 0.338 e. The molecule has 3 atom stereocenters. The molecule has 164 valence electrons. The van der Waals surface area contributed by atoms with Crippen LogP contribution in [-0.4, -0.2) is 53.7 Å². The van der Waals surface area contributed by atoms with Crippen LogP contribution >= 0.6 is 8.30 Å². The Labute approximate surface area is 178 Å². The fourth-order valence-electron chi connectivity index (χ4n) is 2.83. The van der Waals surface area contributed by atoms with Crippen LogP contribution in [0.4, 0.5) is 0 Å². The van der Waals surface area contributed by atoms with Gasteiger partial charge in [0.1, 0.15) is 6.61 Å². The predicted molar refractivity (Wildman–Crippen MR) is 117 cm³/mol. The summed E-state index contributed by atoms with van der Waals surface area (Å²) in [4.78, 5) is 24.6. The van der Waals surface area contributed by atoms with Gasteiger partial charge in [0.25, 0.3) is 0 Å². The third kappa shape index (κ3) is 8.91. The van der Waals surface area contributed by atoms with Crippen LogP contribution in [0.5, 0.6) is 0 Å². The Morgan fingerprint density at radius 3 is 2.17 bits per heavy atom. The van der Waals surface area contributed by atoms with E-state index in [4.69, 9.17) is 15.4 Å². The number of carbonyl (C=O) groups is 2. The molecule has 0 saturated heterocycles. The molecule has 0 saturated carbocycles. The molecule has 1 aromatic carbocycles. The van der Waals surface area contributed by atoms with Crippen LogP contribution in [0.15, 0.2) is 30.3 Å². The van der Waals surface area contributed by atoms with Crippen molar-refractivity contribution in [3.8, 4) is 0 Å². The molecule has 1 aromatic rings. The minimum atomic E-state index is -1.43. The van der Waals surface area contributed by atoms with Gasteiger partial charge >= 0.3 is 5.97 Å². The highest BCUT2D eigenvalue weighted by molar-refractivity contribution is 7.68. The molecule has 0 aromatic heterocycles. The van der Waals surface area contributed by atoms with Crippen molar-refractivity contribution < 1.29 is 25.0 Å². The van der Waals surface area contributed by atoms with Crippen molar-refractivity contribution >= 4 is 19.8 Å². The van der Waals surface area contributed by atoms with Gasteiger partial charge in [-0.3, -0.25) is 4.79 Å². The van der Waals surface area contributed by atoms with Crippen LogP contribution in [0.1, 0.15) is 66.6 Å². The summed E-state index contributed by atoms with van der Waals surface area (Å²) >= 11 is 0. The molecule has 0 aliphatic heterocycles. The fraction of sp³-hybridized carbons (Fsp3) is 0.636. The van der Waals surface area contributed by atoms with Gasteiger partial charge in [-0.15, -0.1) is 0 Å². The molecule has 6 nitrogen and oxygen atoms in total. The number of esters is 1. The number of rotatable bonds is 13. The van der Waals surface area contributed by atoms with Gasteiger partial charge < -0.3 is 14.0 Å². The van der Waals surface area contributed by atoms with E-state index in [1.54, 1.807) is 31.2 Å². The van der Waals surface area contributed by atoms with Crippen molar-refractivity contribution in [2.45, 2.75) is 79.2 Å². The first-order chi connectivity index (χ1) is 14.2. The Balaban J connectivity index is 2.61. The Kier molecular flexibility index (Phi) is 10.8. The third-order valence-electron chi connectivity index (χ3n) is 4.05. The number of benzene rings is 1. The quantitative estimate of drug-likeness (QED) is 0.326. The highest BCUT2D eigenvalue weighted by Crippen LogP contribution is 2.46. The van der Waals surface area contributed by atoms with Gasteiger partial charge in [0.2, 0.25) is 0 Å². The molecule has 0 spiro atoms. The van der Waals surface area contributed by atoms with Gasteiger partial charge in [0.05, 0.1) is 24.4 Å². The lowest BCUT2D eigenvalue weighted by atomic mass is 10.2. The van der Waals surface area contributed by atoms with E-state index in [1.807, 2.05) is 40.7 Å². The van der Waals surface area contributed by atoms with Crippen LogP contribution in [0.3, 0.4) is 0 Å². The fourth-order valence-corrected chi connectivity index (χ4v) is 4.78. The first kappa shape index (κ1) is 23.9. The van der Waals surface area contributed by atoms with E-state index >= 15 is 0 Å². The van der Waals surface area contributed by atoms with Crippen molar-refractivity contribution in [1.82, 2.24) is 4.67 Å². The lowest BCUT2D eigenvalue weighted by molar-refractivity contribution is -0.112. The van der Waals surface area contributed by atoms with Gasteiger partial charge in [0.15, 0.2) is 13.8 Å². The maximum absolute atomic E-state index is 12.5. The summed E-state index contributed by atoms with van der Waals surface area (Å²) in [6.45, 7) is 12.0. The van der Waals surface area contributed by atoms with Crippen LogP contribution < -0.4 is 0 Å². The van der Waals surface area contributed by atoms with Gasteiger partial charge in [-0.1, -0.05) is 25.1 Å². The Hall–Kier alpha value is -1.33. The standard InChI is InChI=1S/C22H36NO5P/c1-8-21(24)29(23(16(2)3)17(4)5)27-15-19(7)28-18(6)14-26-22(25)20-12-10-9-11-13-20/h9-13,16-19H,8,14-15H2,1-7H3/i7D. The van der Waals surface area contributed by atoms with E-state index in [1.165, 1.54) is 0 Å². The highest BCUT2D eigenvalue weighted by Gasteiger charge is 2.31. The average molecular weight is 427 g/mol. The average Bonchev–Trinajstić information content (AvgIpc) is 2.73. The maximum Gasteiger partial charge on any atom is 0.338 e. The minimum absolute atomic E-state index is 0.0101.